The van der Waals surface area contributed by atoms with Crippen LogP contribution in [-0.4, -0.2) is 20.6 Å². The van der Waals surface area contributed by atoms with Crippen LogP contribution in [0.1, 0.15) is 5.82 Å². The molecule has 0 saturated heterocycles. The van der Waals surface area contributed by atoms with Gasteiger partial charge < -0.3 is 9.67 Å². The van der Waals surface area contributed by atoms with Gasteiger partial charge in [0.25, 0.3) is 0 Å². The first-order valence-electron chi connectivity index (χ1n) is 4.56. The van der Waals surface area contributed by atoms with E-state index in [0.717, 1.165) is 17.5 Å². The van der Waals surface area contributed by atoms with E-state index in [4.69, 9.17) is 5.11 Å². The number of hydrogen-bond acceptors (Lipinski definition) is 2. The fourth-order valence-electron chi connectivity index (χ4n) is 1.41. The quantitative estimate of drug-likeness (QED) is 0.739. The van der Waals surface area contributed by atoms with Crippen LogP contribution < -0.4 is 0 Å². The summed E-state index contributed by atoms with van der Waals surface area (Å²) in [5.41, 5.74) is 0.929. The first kappa shape index (κ1) is 9.45. The molecule has 0 fully saturated rings. The lowest BCUT2D eigenvalue weighted by Gasteiger charge is -1.99. The summed E-state index contributed by atoms with van der Waals surface area (Å²) >= 11 is 0. The smallest absolute Gasteiger partial charge is 0.328 e. The second-order valence-corrected chi connectivity index (χ2v) is 3.18. The Morgan fingerprint density at radius 2 is 2.47 bits per heavy atom. The molecule has 1 aliphatic rings. The van der Waals surface area contributed by atoms with E-state index in [0.29, 0.717) is 6.42 Å². The molecular formula is C11H10N2O2. The van der Waals surface area contributed by atoms with Gasteiger partial charge in [0.1, 0.15) is 5.82 Å². The minimum Gasteiger partial charge on any atom is -0.478 e. The highest BCUT2D eigenvalue weighted by molar-refractivity contribution is 5.80. The zero-order valence-electron chi connectivity index (χ0n) is 8.00. The Morgan fingerprint density at radius 3 is 3.27 bits per heavy atom. The monoisotopic (exact) mass is 202 g/mol. The Balaban J connectivity index is 2.22. The van der Waals surface area contributed by atoms with Crippen LogP contribution in [0.25, 0.3) is 6.20 Å². The summed E-state index contributed by atoms with van der Waals surface area (Å²) in [6.45, 7) is 0. The summed E-state index contributed by atoms with van der Waals surface area (Å²) in [7, 11) is 0. The van der Waals surface area contributed by atoms with Gasteiger partial charge in [-0.3, -0.25) is 0 Å². The van der Waals surface area contributed by atoms with Crippen molar-refractivity contribution in [3.63, 3.8) is 0 Å². The number of carboxylic acid groups (broad SMARTS) is 1. The Morgan fingerprint density at radius 1 is 1.60 bits per heavy atom. The van der Waals surface area contributed by atoms with Gasteiger partial charge in [0, 0.05) is 31.1 Å². The molecular weight excluding hydrogens is 192 g/mol. The summed E-state index contributed by atoms with van der Waals surface area (Å²) in [4.78, 5) is 14.6. The molecule has 76 valence electrons. The van der Waals surface area contributed by atoms with Crippen LogP contribution in [-0.2, 0) is 11.2 Å². The van der Waals surface area contributed by atoms with Gasteiger partial charge in [-0.25, -0.2) is 9.78 Å². The van der Waals surface area contributed by atoms with E-state index in [1.54, 1.807) is 12.3 Å². The number of fused-ring (bicyclic) bond motifs is 1. The van der Waals surface area contributed by atoms with Crippen LogP contribution in [0.4, 0.5) is 0 Å². The summed E-state index contributed by atoms with van der Waals surface area (Å²) in [5.74, 6) is -0.0301. The lowest BCUT2D eigenvalue weighted by molar-refractivity contribution is -0.131. The Hall–Kier alpha value is -2.10. The maximum absolute atomic E-state index is 10.4. The van der Waals surface area contributed by atoms with Gasteiger partial charge in [-0.05, 0) is 11.6 Å². The van der Waals surface area contributed by atoms with Crippen molar-refractivity contribution in [3.05, 3.63) is 48.1 Å². The predicted octanol–water partition coefficient (Wildman–Crippen LogP) is 1.48. The zero-order valence-corrected chi connectivity index (χ0v) is 8.00. The maximum Gasteiger partial charge on any atom is 0.328 e. The number of hydrogen-bond donors (Lipinski definition) is 1. The summed E-state index contributed by atoms with van der Waals surface area (Å²) in [6, 6.07) is 0. The molecule has 4 heteroatoms. The molecule has 1 aromatic rings. The first-order chi connectivity index (χ1) is 7.25. The summed E-state index contributed by atoms with van der Waals surface area (Å²) < 4.78 is 1.91. The number of rotatable bonds is 2. The van der Waals surface area contributed by atoms with E-state index in [2.05, 4.69) is 4.98 Å². The summed E-state index contributed by atoms with van der Waals surface area (Å²) in [5, 5.41) is 8.52. The summed E-state index contributed by atoms with van der Waals surface area (Å²) in [6.07, 6.45) is 12.6. The Kier molecular flexibility index (Phi) is 2.49. The molecule has 0 unspecified atom stereocenters. The molecule has 2 rings (SSSR count). The van der Waals surface area contributed by atoms with Crippen LogP contribution in [0.3, 0.4) is 0 Å². The topological polar surface area (TPSA) is 55.1 Å². The molecule has 4 nitrogen and oxygen atoms in total. The lowest BCUT2D eigenvalue weighted by Crippen LogP contribution is -1.96. The van der Waals surface area contributed by atoms with Gasteiger partial charge in [-0.1, -0.05) is 12.2 Å². The minimum absolute atomic E-state index is 0.643. The number of imidazole rings is 1. The molecule has 0 bridgehead atoms. The van der Waals surface area contributed by atoms with Crippen LogP contribution in [0.5, 0.6) is 0 Å². The van der Waals surface area contributed by atoms with E-state index >= 15 is 0 Å². The molecule has 1 aromatic heterocycles. The molecule has 0 aromatic carbocycles. The normalized spacial score (nSPS) is 14.8. The molecule has 0 amide bonds. The van der Waals surface area contributed by atoms with E-state index in [1.807, 2.05) is 29.1 Å². The zero-order chi connectivity index (χ0) is 10.7. The van der Waals surface area contributed by atoms with Crippen molar-refractivity contribution in [2.24, 2.45) is 0 Å². The lowest BCUT2D eigenvalue weighted by atomic mass is 10.1. The third-order valence-corrected chi connectivity index (χ3v) is 2.11. The number of aliphatic carboxylic acids is 1. The average molecular weight is 202 g/mol. The third-order valence-electron chi connectivity index (χ3n) is 2.11. The third kappa shape index (κ3) is 2.22. The fraction of sp³-hybridized carbons (Fsp3) is 0.0909. The SMILES string of the molecule is O=C(O)/C=C\C1=CC=Cn2ccnc2C1. The van der Waals surface area contributed by atoms with E-state index in [-0.39, 0.29) is 0 Å². The van der Waals surface area contributed by atoms with Crippen LogP contribution >= 0.6 is 0 Å². The molecule has 0 saturated carbocycles. The second-order valence-electron chi connectivity index (χ2n) is 3.18. The van der Waals surface area contributed by atoms with Crippen molar-refractivity contribution in [3.8, 4) is 0 Å². The number of nitrogens with zero attached hydrogens (tertiary/aromatic N) is 2. The fourth-order valence-corrected chi connectivity index (χ4v) is 1.41. The van der Waals surface area contributed by atoms with Crippen molar-refractivity contribution >= 4 is 12.2 Å². The van der Waals surface area contributed by atoms with E-state index in [1.165, 1.54) is 0 Å². The standard InChI is InChI=1S/C11H10N2O2/c14-11(15)4-3-9-2-1-6-13-7-5-12-10(13)8-9/h1-7H,8H2,(H,14,15)/b4-3-. The first-order valence-corrected chi connectivity index (χ1v) is 4.56. The maximum atomic E-state index is 10.4. The molecule has 1 aliphatic heterocycles. The minimum atomic E-state index is -0.938. The van der Waals surface area contributed by atoms with Crippen molar-refractivity contribution in [1.82, 2.24) is 9.55 Å². The average Bonchev–Trinajstić information content (AvgIpc) is 2.53. The highest BCUT2D eigenvalue weighted by atomic mass is 16.4. The largest absolute Gasteiger partial charge is 0.478 e. The molecule has 0 spiro atoms. The highest BCUT2D eigenvalue weighted by Gasteiger charge is 2.05. The Bertz CT molecular complexity index is 467. The van der Waals surface area contributed by atoms with Gasteiger partial charge in [0.2, 0.25) is 0 Å². The molecule has 0 aliphatic carbocycles. The van der Waals surface area contributed by atoms with Crippen LogP contribution in [0.15, 0.2) is 42.3 Å². The van der Waals surface area contributed by atoms with E-state index < -0.39 is 5.97 Å². The van der Waals surface area contributed by atoms with Crippen LogP contribution in [0.2, 0.25) is 0 Å². The van der Waals surface area contributed by atoms with Crippen LogP contribution in [0, 0.1) is 0 Å². The van der Waals surface area contributed by atoms with Gasteiger partial charge in [0.05, 0.1) is 0 Å². The number of carboxylic acids is 1. The van der Waals surface area contributed by atoms with Gasteiger partial charge >= 0.3 is 5.97 Å². The van der Waals surface area contributed by atoms with Gasteiger partial charge in [-0.2, -0.15) is 0 Å². The molecule has 0 atom stereocenters. The molecule has 15 heavy (non-hydrogen) atoms. The van der Waals surface area contributed by atoms with Crippen molar-refractivity contribution in [2.45, 2.75) is 6.42 Å². The van der Waals surface area contributed by atoms with Gasteiger partial charge in [-0.15, -0.1) is 0 Å². The molecule has 1 N–H and O–H groups in total. The van der Waals surface area contributed by atoms with Crippen molar-refractivity contribution in [2.75, 3.05) is 0 Å². The van der Waals surface area contributed by atoms with Crippen molar-refractivity contribution in [1.29, 1.82) is 0 Å². The number of aromatic nitrogens is 2. The second kappa shape index (κ2) is 3.96. The number of allylic oxidation sites excluding steroid dienone is 4. The van der Waals surface area contributed by atoms with Gasteiger partial charge in [0.15, 0.2) is 0 Å². The molecule has 2 heterocycles. The number of carbonyl (C=O) groups is 1. The van der Waals surface area contributed by atoms with Crippen molar-refractivity contribution < 1.29 is 9.90 Å². The predicted molar refractivity (Wildman–Crippen MR) is 56.1 cm³/mol. The highest BCUT2D eigenvalue weighted by Crippen LogP contribution is 2.12. The Labute approximate surface area is 86.9 Å². The van der Waals surface area contributed by atoms with E-state index in [9.17, 15) is 4.79 Å². The molecule has 0 radical (unpaired) electrons.